The van der Waals surface area contributed by atoms with Gasteiger partial charge in [-0.2, -0.15) is 0 Å². The van der Waals surface area contributed by atoms with Crippen molar-refractivity contribution in [1.82, 2.24) is 4.57 Å². The third-order valence-electron chi connectivity index (χ3n) is 5.82. The van der Waals surface area contributed by atoms with Gasteiger partial charge in [-0.05, 0) is 85.3 Å². The van der Waals surface area contributed by atoms with Crippen LogP contribution in [0.3, 0.4) is 0 Å². The van der Waals surface area contributed by atoms with Crippen molar-refractivity contribution in [2.45, 2.75) is 32.9 Å². The molecule has 1 aliphatic rings. The molecule has 0 aliphatic carbocycles. The van der Waals surface area contributed by atoms with E-state index in [0.717, 1.165) is 13.6 Å². The molecule has 8 nitrogen and oxygen atoms in total. The number of nitrogens with zero attached hydrogens (tertiary/aromatic N) is 2. The lowest BCUT2D eigenvalue weighted by Crippen LogP contribution is -2.40. The van der Waals surface area contributed by atoms with E-state index in [4.69, 9.17) is 18.9 Å². The number of ether oxygens (including phenoxy) is 4. The summed E-state index contributed by atoms with van der Waals surface area (Å²) in [6.45, 7) is 5.31. The molecule has 4 rings (SSSR count). The highest BCUT2D eigenvalue weighted by atomic mass is 127. The maximum atomic E-state index is 13.9. The predicted molar refractivity (Wildman–Crippen MR) is 158 cm³/mol. The summed E-state index contributed by atoms with van der Waals surface area (Å²) < 4.78 is 25.8. The number of halogens is 2. The summed E-state index contributed by atoms with van der Waals surface area (Å²) in [6.07, 6.45) is 1.44. The Morgan fingerprint density at radius 2 is 1.84 bits per heavy atom. The van der Waals surface area contributed by atoms with Crippen molar-refractivity contribution >= 4 is 61.9 Å². The Kier molecular flexibility index (Phi) is 8.68. The molecule has 0 amide bonds. The summed E-state index contributed by atoms with van der Waals surface area (Å²) >= 11 is 6.93. The maximum Gasteiger partial charge on any atom is 0.338 e. The van der Waals surface area contributed by atoms with Crippen LogP contribution in [-0.2, 0) is 9.53 Å². The van der Waals surface area contributed by atoms with Crippen LogP contribution in [0, 0.1) is 3.57 Å². The third-order valence-corrected chi connectivity index (χ3v) is 8.10. The van der Waals surface area contributed by atoms with Gasteiger partial charge in [-0.3, -0.25) is 9.36 Å². The van der Waals surface area contributed by atoms with Gasteiger partial charge in [0.15, 0.2) is 16.3 Å². The van der Waals surface area contributed by atoms with Crippen LogP contribution < -0.4 is 29.1 Å². The molecule has 38 heavy (non-hydrogen) atoms. The van der Waals surface area contributed by atoms with Gasteiger partial charge in [0.1, 0.15) is 11.8 Å². The molecule has 11 heteroatoms. The highest BCUT2D eigenvalue weighted by Crippen LogP contribution is 2.38. The minimum Gasteiger partial charge on any atom is -0.496 e. The number of carbonyl (C=O) groups excluding carboxylic acids is 1. The minimum absolute atomic E-state index is 0.284. The van der Waals surface area contributed by atoms with Crippen LogP contribution in [0.1, 0.15) is 37.9 Å². The normalized spacial score (nSPS) is 15.3. The lowest BCUT2D eigenvalue weighted by atomic mass is 9.95. The van der Waals surface area contributed by atoms with Gasteiger partial charge < -0.3 is 18.9 Å². The zero-order valence-corrected chi connectivity index (χ0v) is 26.2. The molecule has 0 radical (unpaired) electrons. The quantitative estimate of drug-likeness (QED) is 0.264. The Labute approximate surface area is 245 Å². The van der Waals surface area contributed by atoms with E-state index in [2.05, 4.69) is 43.5 Å². The second-order valence-corrected chi connectivity index (χ2v) is 11.7. The molecular weight excluding hydrogens is 687 g/mol. The summed E-state index contributed by atoms with van der Waals surface area (Å²) in [5.74, 6) is 1.19. The summed E-state index contributed by atoms with van der Waals surface area (Å²) in [5.41, 5.74) is 1.89. The minimum atomic E-state index is -0.794. The van der Waals surface area contributed by atoms with Crippen molar-refractivity contribution < 1.29 is 23.7 Å². The average molecular weight is 713 g/mol. The number of fused-ring (bicyclic) bond motifs is 1. The first-order valence-corrected chi connectivity index (χ1v) is 14.3. The Balaban J connectivity index is 1.99. The van der Waals surface area contributed by atoms with Crippen molar-refractivity contribution in [2.24, 2.45) is 4.99 Å². The van der Waals surface area contributed by atoms with Crippen LogP contribution in [0.4, 0.5) is 0 Å². The molecule has 0 saturated carbocycles. The largest absolute Gasteiger partial charge is 0.496 e. The number of hydrogen-bond donors (Lipinski definition) is 0. The van der Waals surface area contributed by atoms with Gasteiger partial charge in [0.05, 0.1) is 46.8 Å². The van der Waals surface area contributed by atoms with Gasteiger partial charge in [-0.15, -0.1) is 0 Å². The van der Waals surface area contributed by atoms with Crippen LogP contribution in [0.15, 0.2) is 55.9 Å². The second-order valence-electron chi connectivity index (χ2n) is 8.66. The molecule has 0 bridgehead atoms. The topological polar surface area (TPSA) is 88.4 Å². The van der Waals surface area contributed by atoms with Crippen LogP contribution in [-0.4, -0.2) is 38.0 Å². The van der Waals surface area contributed by atoms with E-state index in [1.807, 2.05) is 24.3 Å². The zero-order chi connectivity index (χ0) is 27.7. The van der Waals surface area contributed by atoms with E-state index in [1.165, 1.54) is 15.9 Å². The van der Waals surface area contributed by atoms with Crippen LogP contribution in [0.2, 0.25) is 0 Å². The lowest BCUT2D eigenvalue weighted by Gasteiger charge is -2.26. The van der Waals surface area contributed by atoms with Gasteiger partial charge in [0, 0.05) is 10.0 Å². The van der Waals surface area contributed by atoms with Gasteiger partial charge >= 0.3 is 5.97 Å². The molecule has 0 fully saturated rings. The smallest absolute Gasteiger partial charge is 0.338 e. The molecule has 1 aromatic heterocycles. The van der Waals surface area contributed by atoms with Crippen molar-refractivity contribution in [3.05, 3.63) is 80.5 Å². The number of hydrogen-bond acceptors (Lipinski definition) is 8. The van der Waals surface area contributed by atoms with Crippen LogP contribution in [0.25, 0.3) is 6.08 Å². The number of rotatable bonds is 7. The summed E-state index contributed by atoms with van der Waals surface area (Å²) in [7, 11) is 4.70. The van der Waals surface area contributed by atoms with Gasteiger partial charge in [-0.25, -0.2) is 9.79 Å². The summed E-state index contributed by atoms with van der Waals surface area (Å²) in [6, 6.07) is 8.40. The standard InChI is InChI=1S/C27H26BrIN2O6S/c1-13(2)37-26(33)22-14(3)30-27-31(23(22)17-12-16(28)7-8-19(17)34-4)25(32)21(38-27)11-15-9-18(29)24(36-6)20(10-15)35-5/h7-13,23H,1-6H3/b21-11-/t23-/m0/s1. The number of carbonyl (C=O) groups is 1. The Bertz CT molecular complexity index is 1630. The number of allylic oxidation sites excluding steroid dienone is 1. The number of benzene rings is 2. The van der Waals surface area contributed by atoms with E-state index in [-0.39, 0.29) is 17.2 Å². The third kappa shape index (κ3) is 5.41. The summed E-state index contributed by atoms with van der Waals surface area (Å²) in [5, 5.41) is 0. The Hall–Kier alpha value is -2.64. The zero-order valence-electron chi connectivity index (χ0n) is 21.6. The fourth-order valence-corrected chi connectivity index (χ4v) is 6.52. The number of aromatic nitrogens is 1. The first-order valence-electron chi connectivity index (χ1n) is 11.6. The fourth-order valence-electron chi connectivity index (χ4n) is 4.25. The molecule has 3 aromatic rings. The molecule has 0 unspecified atom stereocenters. The molecule has 0 N–H and O–H groups in total. The monoisotopic (exact) mass is 712 g/mol. The van der Waals surface area contributed by atoms with E-state index in [1.54, 1.807) is 54.2 Å². The number of methoxy groups -OCH3 is 3. The highest BCUT2D eigenvalue weighted by molar-refractivity contribution is 14.1. The van der Waals surface area contributed by atoms with Crippen molar-refractivity contribution in [3.63, 3.8) is 0 Å². The van der Waals surface area contributed by atoms with Crippen molar-refractivity contribution in [1.29, 1.82) is 0 Å². The van der Waals surface area contributed by atoms with Crippen LogP contribution >= 0.6 is 49.9 Å². The average Bonchev–Trinajstić information content (AvgIpc) is 3.16. The fraction of sp³-hybridized carbons (Fsp3) is 0.296. The molecular formula is C27H26BrIN2O6S. The van der Waals surface area contributed by atoms with E-state index >= 15 is 0 Å². The van der Waals surface area contributed by atoms with Gasteiger partial charge in [0.2, 0.25) is 0 Å². The molecule has 2 aromatic carbocycles. The second kappa shape index (κ2) is 11.6. The van der Waals surface area contributed by atoms with E-state index < -0.39 is 12.0 Å². The Morgan fingerprint density at radius 1 is 1.13 bits per heavy atom. The first-order chi connectivity index (χ1) is 18.1. The molecule has 1 aliphatic heterocycles. The van der Waals surface area contributed by atoms with Crippen molar-refractivity contribution in [3.8, 4) is 17.2 Å². The molecule has 0 saturated heterocycles. The van der Waals surface area contributed by atoms with Gasteiger partial charge in [-0.1, -0.05) is 27.3 Å². The SMILES string of the molecule is COc1ccc(Br)cc1[C@H]1C(C(=O)OC(C)C)=C(C)N=c2s/c(=C\c3cc(I)c(OC)c(OC)c3)c(=O)n21. The highest BCUT2D eigenvalue weighted by Gasteiger charge is 2.35. The lowest BCUT2D eigenvalue weighted by molar-refractivity contribution is -0.143. The molecule has 200 valence electrons. The summed E-state index contributed by atoms with van der Waals surface area (Å²) in [4.78, 5) is 32.4. The molecule has 0 spiro atoms. The Morgan fingerprint density at radius 3 is 2.47 bits per heavy atom. The number of thiazole rings is 1. The molecule has 2 heterocycles. The number of esters is 1. The molecule has 1 atom stereocenters. The first kappa shape index (κ1) is 28.4. The van der Waals surface area contributed by atoms with E-state index in [0.29, 0.717) is 37.8 Å². The van der Waals surface area contributed by atoms with E-state index in [9.17, 15) is 9.59 Å². The van der Waals surface area contributed by atoms with Crippen LogP contribution in [0.5, 0.6) is 17.2 Å². The van der Waals surface area contributed by atoms with Crippen molar-refractivity contribution in [2.75, 3.05) is 21.3 Å². The predicted octanol–water partition coefficient (Wildman–Crippen LogP) is 4.58. The maximum absolute atomic E-state index is 13.9. The van der Waals surface area contributed by atoms with Gasteiger partial charge in [0.25, 0.3) is 5.56 Å².